The van der Waals surface area contributed by atoms with Gasteiger partial charge in [-0.1, -0.05) is 17.7 Å². The third-order valence-corrected chi connectivity index (χ3v) is 5.06. The summed E-state index contributed by atoms with van der Waals surface area (Å²) in [5.41, 5.74) is 0.855. The number of carbonyl (C=O) groups excluding carboxylic acids is 1. The Bertz CT molecular complexity index is 1470. The van der Waals surface area contributed by atoms with Crippen molar-refractivity contribution >= 4 is 22.6 Å². The Morgan fingerprint density at radius 2 is 1.81 bits per heavy atom. The number of hydrogen-bond donors (Lipinski definition) is 1. The van der Waals surface area contributed by atoms with Gasteiger partial charge in [0.15, 0.2) is 17.2 Å². The summed E-state index contributed by atoms with van der Waals surface area (Å²) in [6, 6.07) is 12.6. The van der Waals surface area contributed by atoms with E-state index in [4.69, 9.17) is 4.74 Å². The molecule has 1 amide bonds. The van der Waals surface area contributed by atoms with Crippen LogP contribution in [0.5, 0.6) is 5.75 Å². The SMILES string of the molecule is COc1ccc(NC(=O)c2cnc3c(c2)c(=O)n(C)c(=O)n3-c2ccc(C)cc2)cc1F. The Balaban J connectivity index is 1.79. The van der Waals surface area contributed by atoms with Gasteiger partial charge in [-0.2, -0.15) is 0 Å². The topological polar surface area (TPSA) is 95.2 Å². The predicted octanol–water partition coefficient (Wildman–Crippen LogP) is 2.79. The second-order valence-corrected chi connectivity index (χ2v) is 7.22. The number of nitrogens with zero attached hydrogens (tertiary/aromatic N) is 3. The number of hydrogen-bond acceptors (Lipinski definition) is 5. The van der Waals surface area contributed by atoms with E-state index < -0.39 is 23.0 Å². The van der Waals surface area contributed by atoms with Gasteiger partial charge in [0.1, 0.15) is 0 Å². The van der Waals surface area contributed by atoms with Gasteiger partial charge in [-0.25, -0.2) is 18.7 Å². The lowest BCUT2D eigenvalue weighted by Gasteiger charge is -2.12. The average Bonchev–Trinajstić information content (AvgIpc) is 2.79. The van der Waals surface area contributed by atoms with E-state index in [1.807, 2.05) is 19.1 Å². The lowest BCUT2D eigenvalue weighted by Crippen LogP contribution is -2.38. The van der Waals surface area contributed by atoms with E-state index in [0.29, 0.717) is 5.69 Å². The molecule has 9 heteroatoms. The van der Waals surface area contributed by atoms with Gasteiger partial charge in [0, 0.05) is 25.0 Å². The first-order valence-electron chi connectivity index (χ1n) is 9.64. The number of amides is 1. The largest absolute Gasteiger partial charge is 0.494 e. The number of benzene rings is 2. The average molecular weight is 434 g/mol. The van der Waals surface area contributed by atoms with Crippen LogP contribution in [0.2, 0.25) is 0 Å². The van der Waals surface area contributed by atoms with Crippen LogP contribution >= 0.6 is 0 Å². The summed E-state index contributed by atoms with van der Waals surface area (Å²) in [5.74, 6) is -1.16. The summed E-state index contributed by atoms with van der Waals surface area (Å²) in [6.07, 6.45) is 1.26. The van der Waals surface area contributed by atoms with Gasteiger partial charge in [0.25, 0.3) is 11.5 Å². The van der Waals surface area contributed by atoms with Crippen LogP contribution in [-0.4, -0.2) is 27.1 Å². The minimum atomic E-state index is -0.627. The number of rotatable bonds is 4. The molecule has 0 aliphatic carbocycles. The summed E-state index contributed by atoms with van der Waals surface area (Å²) < 4.78 is 21.1. The molecule has 0 aliphatic rings. The first-order valence-corrected chi connectivity index (χ1v) is 9.64. The highest BCUT2D eigenvalue weighted by atomic mass is 19.1. The molecule has 1 N–H and O–H groups in total. The van der Waals surface area contributed by atoms with E-state index in [1.54, 1.807) is 12.1 Å². The van der Waals surface area contributed by atoms with Gasteiger partial charge in [-0.15, -0.1) is 0 Å². The van der Waals surface area contributed by atoms with Crippen LogP contribution in [0.1, 0.15) is 15.9 Å². The quantitative estimate of drug-likeness (QED) is 0.533. The molecular weight excluding hydrogens is 415 g/mol. The van der Waals surface area contributed by atoms with Gasteiger partial charge >= 0.3 is 5.69 Å². The number of pyridine rings is 1. The van der Waals surface area contributed by atoms with Crippen molar-refractivity contribution in [3.05, 3.63) is 92.5 Å². The molecule has 0 fully saturated rings. The fourth-order valence-corrected chi connectivity index (χ4v) is 3.30. The standard InChI is InChI=1S/C23H19FN4O4/c1-13-4-7-16(8-5-13)28-20-17(22(30)27(2)23(28)31)10-14(12-25-20)21(29)26-15-6-9-19(32-3)18(24)11-15/h4-12H,1-3H3,(H,26,29). The molecule has 0 atom stereocenters. The molecule has 2 aromatic carbocycles. The van der Waals surface area contributed by atoms with Gasteiger partial charge < -0.3 is 10.1 Å². The summed E-state index contributed by atoms with van der Waals surface area (Å²) >= 11 is 0. The van der Waals surface area contributed by atoms with Gasteiger partial charge in [0.2, 0.25) is 0 Å². The Hall–Kier alpha value is -4.27. The molecule has 162 valence electrons. The van der Waals surface area contributed by atoms with E-state index >= 15 is 0 Å². The van der Waals surface area contributed by atoms with Crippen molar-refractivity contribution < 1.29 is 13.9 Å². The van der Waals surface area contributed by atoms with Crippen molar-refractivity contribution in [3.63, 3.8) is 0 Å². The van der Waals surface area contributed by atoms with Crippen LogP contribution in [0.3, 0.4) is 0 Å². The molecule has 32 heavy (non-hydrogen) atoms. The van der Waals surface area contributed by atoms with Crippen LogP contribution < -0.4 is 21.3 Å². The van der Waals surface area contributed by atoms with Crippen LogP contribution in [0.25, 0.3) is 16.7 Å². The normalized spacial score (nSPS) is 10.9. The zero-order valence-electron chi connectivity index (χ0n) is 17.5. The third kappa shape index (κ3) is 3.64. The Morgan fingerprint density at radius 1 is 1.09 bits per heavy atom. The number of ether oxygens (including phenoxy) is 1. The molecule has 2 heterocycles. The molecule has 0 bridgehead atoms. The number of nitrogens with one attached hydrogen (secondary N) is 1. The summed E-state index contributed by atoms with van der Waals surface area (Å²) in [6.45, 7) is 1.92. The minimum absolute atomic E-state index is 0.0490. The third-order valence-electron chi connectivity index (χ3n) is 5.06. The van der Waals surface area contributed by atoms with Crippen molar-refractivity contribution in [2.24, 2.45) is 7.05 Å². The highest BCUT2D eigenvalue weighted by Gasteiger charge is 2.17. The molecule has 0 radical (unpaired) electrons. The van der Waals surface area contributed by atoms with Crippen LogP contribution in [0.4, 0.5) is 10.1 Å². The van der Waals surface area contributed by atoms with Crippen LogP contribution in [0, 0.1) is 12.7 Å². The number of aromatic nitrogens is 3. The lowest BCUT2D eigenvalue weighted by atomic mass is 10.2. The Morgan fingerprint density at radius 3 is 2.47 bits per heavy atom. The maximum absolute atomic E-state index is 13.9. The summed E-state index contributed by atoms with van der Waals surface area (Å²) in [4.78, 5) is 42.5. The van der Waals surface area contributed by atoms with Crippen molar-refractivity contribution in [2.75, 3.05) is 12.4 Å². The van der Waals surface area contributed by atoms with Gasteiger partial charge in [-0.3, -0.25) is 14.2 Å². The first kappa shape index (κ1) is 21.0. The van der Waals surface area contributed by atoms with Crippen LogP contribution in [-0.2, 0) is 7.05 Å². The molecule has 0 saturated carbocycles. The van der Waals surface area contributed by atoms with Crippen molar-refractivity contribution in [3.8, 4) is 11.4 Å². The molecule has 0 spiro atoms. The highest BCUT2D eigenvalue weighted by molar-refractivity contribution is 6.05. The fraction of sp³-hybridized carbons (Fsp3) is 0.130. The van der Waals surface area contributed by atoms with Crippen LogP contribution in [0.15, 0.2) is 64.3 Å². The number of fused-ring (bicyclic) bond motifs is 1. The maximum atomic E-state index is 13.9. The molecule has 2 aromatic heterocycles. The molecule has 0 aliphatic heterocycles. The number of anilines is 1. The number of methoxy groups -OCH3 is 1. The predicted molar refractivity (Wildman–Crippen MR) is 118 cm³/mol. The van der Waals surface area contributed by atoms with E-state index in [-0.39, 0.29) is 28.0 Å². The molecule has 8 nitrogen and oxygen atoms in total. The second-order valence-electron chi connectivity index (χ2n) is 7.22. The van der Waals surface area contributed by atoms with Gasteiger partial charge in [0.05, 0.1) is 23.7 Å². The van der Waals surface area contributed by atoms with Crippen molar-refractivity contribution in [1.29, 1.82) is 0 Å². The fourth-order valence-electron chi connectivity index (χ4n) is 3.30. The minimum Gasteiger partial charge on any atom is -0.494 e. The monoisotopic (exact) mass is 434 g/mol. The summed E-state index contributed by atoms with van der Waals surface area (Å²) in [5, 5.41) is 2.66. The maximum Gasteiger partial charge on any atom is 0.337 e. The highest BCUT2D eigenvalue weighted by Crippen LogP contribution is 2.21. The zero-order valence-corrected chi connectivity index (χ0v) is 17.5. The molecular formula is C23H19FN4O4. The smallest absolute Gasteiger partial charge is 0.337 e. The van der Waals surface area contributed by atoms with Crippen molar-refractivity contribution in [1.82, 2.24) is 14.1 Å². The molecule has 4 rings (SSSR count). The van der Waals surface area contributed by atoms with Crippen molar-refractivity contribution in [2.45, 2.75) is 6.92 Å². The second kappa shape index (κ2) is 8.10. The van der Waals surface area contributed by atoms with E-state index in [0.717, 1.165) is 16.2 Å². The number of halogens is 1. The molecule has 0 unspecified atom stereocenters. The Kier molecular flexibility index (Phi) is 5.31. The number of carbonyl (C=O) groups is 1. The van der Waals surface area contributed by atoms with Gasteiger partial charge in [-0.05, 0) is 37.3 Å². The van der Waals surface area contributed by atoms with E-state index in [1.165, 1.54) is 43.1 Å². The first-order chi connectivity index (χ1) is 15.3. The molecule has 0 saturated heterocycles. The zero-order chi connectivity index (χ0) is 23.0. The molecule has 4 aromatic rings. The van der Waals surface area contributed by atoms with E-state index in [2.05, 4.69) is 10.3 Å². The van der Waals surface area contributed by atoms with E-state index in [9.17, 15) is 18.8 Å². The Labute approximate surface area is 181 Å². The lowest BCUT2D eigenvalue weighted by molar-refractivity contribution is 0.102. The summed E-state index contributed by atoms with van der Waals surface area (Å²) in [7, 11) is 2.70. The number of aryl methyl sites for hydroxylation is 1.